The van der Waals surface area contributed by atoms with E-state index in [1.54, 1.807) is 54.6 Å². The fourth-order valence-electron chi connectivity index (χ4n) is 3.75. The fourth-order valence-corrected chi connectivity index (χ4v) is 4.12. The van der Waals surface area contributed by atoms with E-state index in [-0.39, 0.29) is 23.8 Å². The number of nitrogens with one attached hydrogen (secondary N) is 4. The average Bonchev–Trinajstić information content (AvgIpc) is 3.49. The van der Waals surface area contributed by atoms with Crippen LogP contribution in [0, 0.1) is 0 Å². The van der Waals surface area contributed by atoms with E-state index < -0.39 is 11.7 Å². The van der Waals surface area contributed by atoms with Gasteiger partial charge in [0.25, 0.3) is 5.91 Å². The molecule has 11 heteroatoms. The highest BCUT2D eigenvalue weighted by atomic mass is 35.5. The lowest BCUT2D eigenvalue weighted by atomic mass is 10.1. The number of hydrogen-bond donors (Lipinski definition) is 4. The van der Waals surface area contributed by atoms with Crippen LogP contribution in [0.1, 0.15) is 16.1 Å². The number of nitrogens with zero attached hydrogens (tertiary/aromatic N) is 1. The Labute approximate surface area is 213 Å². The van der Waals surface area contributed by atoms with Crippen molar-refractivity contribution in [1.82, 2.24) is 15.1 Å². The van der Waals surface area contributed by atoms with Gasteiger partial charge < -0.3 is 15.6 Å². The lowest BCUT2D eigenvalue weighted by Gasteiger charge is -2.09. The first kappa shape index (κ1) is 23.4. The molecule has 0 bridgehead atoms. The minimum absolute atomic E-state index is 0.105. The van der Waals surface area contributed by atoms with E-state index in [9.17, 15) is 14.4 Å². The Morgan fingerprint density at radius 2 is 1.75 bits per heavy atom. The quantitative estimate of drug-likeness (QED) is 0.242. The molecule has 180 valence electrons. The number of para-hydroxylation sites is 1. The number of benzene rings is 3. The van der Waals surface area contributed by atoms with Crippen LogP contribution in [0.5, 0.6) is 0 Å². The molecule has 4 N–H and O–H groups in total. The van der Waals surface area contributed by atoms with Crippen LogP contribution in [0.15, 0.2) is 76.0 Å². The summed E-state index contributed by atoms with van der Waals surface area (Å²) in [4.78, 5) is 42.6. The summed E-state index contributed by atoms with van der Waals surface area (Å²) < 4.78 is 4.57. The molecule has 2 amide bonds. The summed E-state index contributed by atoms with van der Waals surface area (Å²) in [5, 5.41) is 11.0. The van der Waals surface area contributed by atoms with Crippen LogP contribution in [0.25, 0.3) is 22.3 Å². The van der Waals surface area contributed by atoms with Crippen LogP contribution in [0.4, 0.5) is 11.4 Å². The van der Waals surface area contributed by atoms with E-state index in [0.29, 0.717) is 38.1 Å². The topological polar surface area (TPSA) is 133 Å². The third-order valence-corrected chi connectivity index (χ3v) is 6.01. The number of H-pyrrole nitrogens is 2. The molecule has 3 aromatic carbocycles. The summed E-state index contributed by atoms with van der Waals surface area (Å²) >= 11 is 12.3. The number of aromatic amines is 2. The SMILES string of the molecule is O=C(Cc1ccccc1Cl)Nc1cccc2cc(C(=O)Nc3ccc(Cl)cc3-c3noc(=O)[nH]3)[nH]c12. The van der Waals surface area contributed by atoms with Crippen molar-refractivity contribution >= 4 is 57.3 Å². The zero-order chi connectivity index (χ0) is 25.2. The average molecular weight is 522 g/mol. The van der Waals surface area contributed by atoms with Crippen LogP contribution in [0.2, 0.25) is 10.0 Å². The Kier molecular flexibility index (Phi) is 6.32. The molecule has 2 heterocycles. The van der Waals surface area contributed by atoms with E-state index in [4.69, 9.17) is 23.2 Å². The number of fused-ring (bicyclic) bond motifs is 1. The van der Waals surface area contributed by atoms with Crippen molar-refractivity contribution in [2.75, 3.05) is 10.6 Å². The molecule has 0 aliphatic carbocycles. The van der Waals surface area contributed by atoms with Gasteiger partial charge in [-0.2, -0.15) is 0 Å². The molecule has 0 spiro atoms. The van der Waals surface area contributed by atoms with Crippen molar-refractivity contribution in [3.8, 4) is 11.4 Å². The van der Waals surface area contributed by atoms with Crippen molar-refractivity contribution in [3.63, 3.8) is 0 Å². The van der Waals surface area contributed by atoms with Gasteiger partial charge in [0.1, 0.15) is 5.69 Å². The molecule has 9 nitrogen and oxygen atoms in total. The second-order valence-electron chi connectivity index (χ2n) is 7.86. The molecule has 0 fully saturated rings. The molecule has 0 unspecified atom stereocenters. The Hall–Kier alpha value is -4.34. The molecule has 5 rings (SSSR count). The molecule has 0 aliphatic heterocycles. The lowest BCUT2D eigenvalue weighted by molar-refractivity contribution is -0.115. The Bertz CT molecular complexity index is 1670. The van der Waals surface area contributed by atoms with Crippen LogP contribution in [0.3, 0.4) is 0 Å². The third-order valence-electron chi connectivity index (χ3n) is 5.41. The van der Waals surface area contributed by atoms with Gasteiger partial charge in [-0.1, -0.05) is 58.7 Å². The minimum atomic E-state index is -0.734. The number of halogens is 2. The smallest absolute Gasteiger partial charge is 0.349 e. The van der Waals surface area contributed by atoms with Gasteiger partial charge in [-0.05, 0) is 42.0 Å². The van der Waals surface area contributed by atoms with Gasteiger partial charge >= 0.3 is 5.76 Å². The number of rotatable bonds is 6. The fraction of sp³-hybridized carbons (Fsp3) is 0.0400. The first-order valence-electron chi connectivity index (χ1n) is 10.7. The van der Waals surface area contributed by atoms with Gasteiger partial charge in [-0.3, -0.25) is 19.1 Å². The third kappa shape index (κ3) is 4.88. The van der Waals surface area contributed by atoms with E-state index in [2.05, 4.69) is 30.3 Å². The van der Waals surface area contributed by atoms with Crippen molar-refractivity contribution in [3.05, 3.63) is 98.6 Å². The molecular formula is C25H17Cl2N5O4. The zero-order valence-corrected chi connectivity index (χ0v) is 19.9. The number of carbonyl (C=O) groups excluding carboxylic acids is 2. The van der Waals surface area contributed by atoms with E-state index in [0.717, 1.165) is 5.39 Å². The summed E-state index contributed by atoms with van der Waals surface area (Å²) in [5.41, 5.74) is 2.82. The van der Waals surface area contributed by atoms with Crippen LogP contribution in [-0.2, 0) is 11.2 Å². The maximum absolute atomic E-state index is 13.1. The van der Waals surface area contributed by atoms with Crippen LogP contribution in [-0.4, -0.2) is 26.9 Å². The highest BCUT2D eigenvalue weighted by Crippen LogP contribution is 2.29. The van der Waals surface area contributed by atoms with Crippen LogP contribution < -0.4 is 16.4 Å². The monoisotopic (exact) mass is 521 g/mol. The van der Waals surface area contributed by atoms with Gasteiger partial charge in [0, 0.05) is 21.0 Å². The van der Waals surface area contributed by atoms with Crippen LogP contribution >= 0.6 is 23.2 Å². The Balaban J connectivity index is 1.39. The highest BCUT2D eigenvalue weighted by molar-refractivity contribution is 6.31. The van der Waals surface area contributed by atoms with Crippen molar-refractivity contribution in [2.24, 2.45) is 0 Å². The number of hydrogen-bond acceptors (Lipinski definition) is 5. The minimum Gasteiger partial charge on any atom is -0.349 e. The lowest BCUT2D eigenvalue weighted by Crippen LogP contribution is -2.15. The number of aromatic nitrogens is 3. The van der Waals surface area contributed by atoms with Gasteiger partial charge in [-0.25, -0.2) is 4.79 Å². The number of anilines is 2. The highest BCUT2D eigenvalue weighted by Gasteiger charge is 2.17. The molecule has 0 radical (unpaired) electrons. The molecule has 2 aromatic heterocycles. The first-order chi connectivity index (χ1) is 17.4. The van der Waals surface area contributed by atoms with E-state index in [1.807, 2.05) is 12.1 Å². The predicted molar refractivity (Wildman–Crippen MR) is 138 cm³/mol. The number of carbonyl (C=O) groups is 2. The van der Waals surface area contributed by atoms with E-state index >= 15 is 0 Å². The maximum atomic E-state index is 13.1. The van der Waals surface area contributed by atoms with E-state index in [1.165, 1.54) is 0 Å². The molecule has 0 aliphatic rings. The molecule has 36 heavy (non-hydrogen) atoms. The van der Waals surface area contributed by atoms with Crippen molar-refractivity contribution in [2.45, 2.75) is 6.42 Å². The zero-order valence-electron chi connectivity index (χ0n) is 18.4. The van der Waals surface area contributed by atoms with Gasteiger partial charge in [0.05, 0.1) is 23.3 Å². The van der Waals surface area contributed by atoms with Crippen molar-refractivity contribution in [1.29, 1.82) is 0 Å². The summed E-state index contributed by atoms with van der Waals surface area (Å²) in [5.74, 6) is -1.31. The predicted octanol–water partition coefficient (Wildman–Crippen LogP) is 5.25. The number of amides is 2. The standard InChI is InChI=1S/C25H17Cl2N5O4/c26-15-8-9-18(16(12-15)23-31-25(35)36-32-23)30-24(34)20-10-14-5-3-7-19(22(14)29-20)28-21(33)11-13-4-1-2-6-17(13)27/h1-10,12,29H,11H2,(H,28,33)(H,30,34)(H,31,32,35). The van der Waals surface area contributed by atoms with Gasteiger partial charge in [-0.15, -0.1) is 0 Å². The normalized spacial score (nSPS) is 10.9. The second-order valence-corrected chi connectivity index (χ2v) is 8.70. The van der Waals surface area contributed by atoms with Gasteiger partial charge in [0.2, 0.25) is 5.91 Å². The molecule has 5 aromatic rings. The molecule has 0 atom stereocenters. The Morgan fingerprint density at radius 3 is 2.53 bits per heavy atom. The summed E-state index contributed by atoms with van der Waals surface area (Å²) in [7, 11) is 0. The summed E-state index contributed by atoms with van der Waals surface area (Å²) in [6.45, 7) is 0. The van der Waals surface area contributed by atoms with Crippen molar-refractivity contribution < 1.29 is 14.1 Å². The molecule has 0 saturated carbocycles. The first-order valence-corrected chi connectivity index (χ1v) is 11.5. The Morgan fingerprint density at radius 1 is 0.917 bits per heavy atom. The molecular weight excluding hydrogens is 505 g/mol. The maximum Gasteiger partial charge on any atom is 0.439 e. The molecule has 0 saturated heterocycles. The summed E-state index contributed by atoms with van der Waals surface area (Å²) in [6.07, 6.45) is 0.105. The van der Waals surface area contributed by atoms with Gasteiger partial charge in [0.15, 0.2) is 5.82 Å². The second kappa shape index (κ2) is 9.73. The summed E-state index contributed by atoms with van der Waals surface area (Å²) in [6, 6.07) is 18.9. The largest absolute Gasteiger partial charge is 0.439 e.